The Labute approximate surface area is 113 Å². The van der Waals surface area contributed by atoms with Gasteiger partial charge in [-0.25, -0.2) is 17.5 Å². The molecule has 0 heterocycles. The SMILES string of the molecule is CCOCC(C)NS(=O)(=O)c1cc(N)c(C)c(F)c1. The molecule has 1 aromatic carbocycles. The van der Waals surface area contributed by atoms with Crippen molar-refractivity contribution in [2.45, 2.75) is 31.7 Å². The maximum atomic E-state index is 13.5. The fraction of sp³-hybridized carbons (Fsp3) is 0.500. The van der Waals surface area contributed by atoms with Crippen LogP contribution in [0.5, 0.6) is 0 Å². The van der Waals surface area contributed by atoms with Gasteiger partial charge in [0.05, 0.1) is 11.5 Å². The Bertz CT molecular complexity index is 523. The molecule has 0 fully saturated rings. The summed E-state index contributed by atoms with van der Waals surface area (Å²) in [6.07, 6.45) is 0. The highest BCUT2D eigenvalue weighted by Gasteiger charge is 2.19. The minimum absolute atomic E-state index is 0.109. The third-order valence-electron chi connectivity index (χ3n) is 2.60. The van der Waals surface area contributed by atoms with Crippen molar-refractivity contribution in [2.75, 3.05) is 18.9 Å². The van der Waals surface area contributed by atoms with E-state index in [9.17, 15) is 12.8 Å². The van der Waals surface area contributed by atoms with Gasteiger partial charge in [-0.05, 0) is 32.9 Å². The van der Waals surface area contributed by atoms with Gasteiger partial charge in [0.15, 0.2) is 0 Å². The molecule has 108 valence electrons. The van der Waals surface area contributed by atoms with Gasteiger partial charge in [0.2, 0.25) is 10.0 Å². The van der Waals surface area contributed by atoms with Crippen molar-refractivity contribution < 1.29 is 17.5 Å². The number of rotatable bonds is 6. The Morgan fingerprint density at radius 1 is 1.47 bits per heavy atom. The fourth-order valence-electron chi connectivity index (χ4n) is 1.49. The minimum atomic E-state index is -3.80. The zero-order valence-electron chi connectivity index (χ0n) is 11.2. The Morgan fingerprint density at radius 2 is 2.11 bits per heavy atom. The van der Waals surface area contributed by atoms with Gasteiger partial charge in [-0.3, -0.25) is 0 Å². The summed E-state index contributed by atoms with van der Waals surface area (Å²) in [6, 6.07) is 1.80. The van der Waals surface area contributed by atoms with Crippen LogP contribution in [0.25, 0.3) is 0 Å². The Balaban J connectivity index is 2.95. The lowest BCUT2D eigenvalue weighted by Gasteiger charge is -2.15. The molecule has 19 heavy (non-hydrogen) atoms. The normalized spacial score (nSPS) is 13.5. The van der Waals surface area contributed by atoms with E-state index in [-0.39, 0.29) is 22.8 Å². The number of hydrogen-bond acceptors (Lipinski definition) is 4. The lowest BCUT2D eigenvalue weighted by molar-refractivity contribution is 0.133. The maximum absolute atomic E-state index is 13.5. The van der Waals surface area contributed by atoms with Crippen LogP contribution in [-0.4, -0.2) is 27.7 Å². The van der Waals surface area contributed by atoms with Gasteiger partial charge in [-0.2, -0.15) is 0 Å². The van der Waals surface area contributed by atoms with Crippen LogP contribution in [0.2, 0.25) is 0 Å². The zero-order valence-corrected chi connectivity index (χ0v) is 12.1. The van der Waals surface area contributed by atoms with Crippen LogP contribution in [0.1, 0.15) is 19.4 Å². The summed E-state index contributed by atoms with van der Waals surface area (Å²) in [5, 5.41) is 0. The minimum Gasteiger partial charge on any atom is -0.398 e. The second-order valence-corrected chi connectivity index (χ2v) is 6.02. The number of halogens is 1. The van der Waals surface area contributed by atoms with Gasteiger partial charge in [-0.15, -0.1) is 0 Å². The summed E-state index contributed by atoms with van der Waals surface area (Å²) >= 11 is 0. The molecule has 0 amide bonds. The monoisotopic (exact) mass is 290 g/mol. The van der Waals surface area contributed by atoms with E-state index in [1.54, 1.807) is 6.92 Å². The van der Waals surface area contributed by atoms with E-state index in [0.717, 1.165) is 6.07 Å². The van der Waals surface area contributed by atoms with E-state index in [4.69, 9.17) is 10.5 Å². The molecule has 0 aliphatic rings. The molecule has 1 aromatic rings. The topological polar surface area (TPSA) is 81.4 Å². The number of hydrogen-bond donors (Lipinski definition) is 2. The second-order valence-electron chi connectivity index (χ2n) is 4.30. The molecule has 0 saturated heterocycles. The molecular weight excluding hydrogens is 271 g/mol. The summed E-state index contributed by atoms with van der Waals surface area (Å²) in [6.45, 7) is 5.72. The van der Waals surface area contributed by atoms with Crippen molar-refractivity contribution in [3.8, 4) is 0 Å². The third-order valence-corrected chi connectivity index (χ3v) is 4.17. The molecule has 1 atom stereocenters. The zero-order chi connectivity index (χ0) is 14.6. The number of anilines is 1. The number of nitrogens with two attached hydrogens (primary N) is 1. The average molecular weight is 290 g/mol. The number of nitrogens with one attached hydrogen (secondary N) is 1. The standard InChI is InChI=1S/C12H19FN2O3S/c1-4-18-7-8(2)15-19(16,17)10-5-11(13)9(3)12(14)6-10/h5-6,8,15H,4,7,14H2,1-3H3. The smallest absolute Gasteiger partial charge is 0.241 e. The van der Waals surface area contributed by atoms with Crippen LogP contribution in [-0.2, 0) is 14.8 Å². The van der Waals surface area contributed by atoms with Crippen LogP contribution in [0.4, 0.5) is 10.1 Å². The van der Waals surface area contributed by atoms with Gasteiger partial charge >= 0.3 is 0 Å². The van der Waals surface area contributed by atoms with Gasteiger partial charge < -0.3 is 10.5 Å². The Morgan fingerprint density at radius 3 is 2.63 bits per heavy atom. The first-order valence-electron chi connectivity index (χ1n) is 5.93. The Kier molecular flexibility index (Phi) is 5.28. The molecule has 3 N–H and O–H groups in total. The average Bonchev–Trinajstić information content (AvgIpc) is 2.32. The van der Waals surface area contributed by atoms with Crippen LogP contribution in [0, 0.1) is 12.7 Å². The molecule has 0 saturated carbocycles. The van der Waals surface area contributed by atoms with E-state index < -0.39 is 21.9 Å². The second kappa shape index (κ2) is 6.31. The quantitative estimate of drug-likeness (QED) is 0.776. The van der Waals surface area contributed by atoms with E-state index >= 15 is 0 Å². The number of ether oxygens (including phenoxy) is 1. The highest BCUT2D eigenvalue weighted by atomic mass is 32.2. The van der Waals surface area contributed by atoms with Crippen molar-refractivity contribution in [1.82, 2.24) is 4.72 Å². The largest absolute Gasteiger partial charge is 0.398 e. The number of sulfonamides is 1. The number of nitrogen functional groups attached to an aromatic ring is 1. The van der Waals surface area contributed by atoms with Crippen molar-refractivity contribution in [3.63, 3.8) is 0 Å². The molecule has 7 heteroatoms. The van der Waals surface area contributed by atoms with Crippen LogP contribution < -0.4 is 10.5 Å². The Hall–Kier alpha value is -1.18. The van der Waals surface area contributed by atoms with Crippen molar-refractivity contribution in [2.24, 2.45) is 0 Å². The van der Waals surface area contributed by atoms with Crippen molar-refractivity contribution in [1.29, 1.82) is 0 Å². The molecule has 0 aromatic heterocycles. The number of benzene rings is 1. The molecule has 0 bridgehead atoms. The first kappa shape index (κ1) is 15.9. The molecular formula is C12H19FN2O3S. The molecule has 0 aliphatic heterocycles. The molecule has 0 aliphatic carbocycles. The molecule has 0 radical (unpaired) electrons. The van der Waals surface area contributed by atoms with Crippen LogP contribution in [0.15, 0.2) is 17.0 Å². The van der Waals surface area contributed by atoms with Gasteiger partial charge in [0.25, 0.3) is 0 Å². The summed E-state index contributed by atoms with van der Waals surface area (Å²) in [5.74, 6) is -0.641. The van der Waals surface area contributed by atoms with Crippen molar-refractivity contribution in [3.05, 3.63) is 23.5 Å². The van der Waals surface area contributed by atoms with Gasteiger partial charge in [0, 0.05) is 23.9 Å². The third kappa shape index (κ3) is 4.15. The lowest BCUT2D eigenvalue weighted by atomic mass is 10.2. The van der Waals surface area contributed by atoms with Crippen LogP contribution >= 0.6 is 0 Å². The van der Waals surface area contributed by atoms with Crippen molar-refractivity contribution >= 4 is 15.7 Å². The summed E-state index contributed by atoms with van der Waals surface area (Å²) in [5.41, 5.74) is 5.92. The summed E-state index contributed by atoms with van der Waals surface area (Å²) in [4.78, 5) is -0.184. The first-order valence-corrected chi connectivity index (χ1v) is 7.42. The summed E-state index contributed by atoms with van der Waals surface area (Å²) in [7, 11) is -3.80. The highest BCUT2D eigenvalue weighted by molar-refractivity contribution is 7.89. The molecule has 1 unspecified atom stereocenters. The van der Waals surface area contributed by atoms with E-state index in [2.05, 4.69) is 4.72 Å². The highest BCUT2D eigenvalue weighted by Crippen LogP contribution is 2.21. The molecule has 1 rings (SSSR count). The van der Waals surface area contributed by atoms with E-state index in [0.29, 0.717) is 6.61 Å². The lowest BCUT2D eigenvalue weighted by Crippen LogP contribution is -2.36. The predicted octanol–water partition coefficient (Wildman–Crippen LogP) is 1.42. The van der Waals surface area contributed by atoms with Gasteiger partial charge in [0.1, 0.15) is 5.82 Å². The first-order chi connectivity index (χ1) is 8.77. The van der Waals surface area contributed by atoms with E-state index in [1.165, 1.54) is 13.0 Å². The van der Waals surface area contributed by atoms with Gasteiger partial charge in [-0.1, -0.05) is 0 Å². The molecule has 0 spiro atoms. The predicted molar refractivity (Wildman–Crippen MR) is 71.8 cm³/mol. The summed E-state index contributed by atoms with van der Waals surface area (Å²) < 4.78 is 45.1. The fourth-order valence-corrected chi connectivity index (χ4v) is 2.77. The van der Waals surface area contributed by atoms with Crippen LogP contribution in [0.3, 0.4) is 0 Å². The maximum Gasteiger partial charge on any atom is 0.241 e. The molecule has 5 nitrogen and oxygen atoms in total. The van der Waals surface area contributed by atoms with E-state index in [1.807, 2.05) is 6.92 Å².